The summed E-state index contributed by atoms with van der Waals surface area (Å²) in [6, 6.07) is 1.19. The summed E-state index contributed by atoms with van der Waals surface area (Å²) in [6.07, 6.45) is 5.24. The van der Waals surface area contributed by atoms with Crippen molar-refractivity contribution in [3.05, 3.63) is 0 Å². The van der Waals surface area contributed by atoms with Crippen molar-refractivity contribution < 1.29 is 0 Å². The fourth-order valence-electron chi connectivity index (χ4n) is 3.15. The summed E-state index contributed by atoms with van der Waals surface area (Å²) in [5.41, 5.74) is 6.05. The van der Waals surface area contributed by atoms with E-state index >= 15 is 0 Å². The lowest BCUT2D eigenvalue weighted by Crippen LogP contribution is -2.51. The van der Waals surface area contributed by atoms with E-state index in [1.54, 1.807) is 0 Å². The lowest BCUT2D eigenvalue weighted by molar-refractivity contribution is 0.0844. The Balaban J connectivity index is 1.76. The average Bonchev–Trinajstić information content (AvgIpc) is 2.24. The normalized spacial score (nSPS) is 38.8. The van der Waals surface area contributed by atoms with Gasteiger partial charge in [0.1, 0.15) is 0 Å². The molecule has 2 fully saturated rings. The Bertz CT molecular complexity index is 219. The zero-order valence-electron chi connectivity index (χ0n) is 10.9. The highest BCUT2D eigenvalue weighted by molar-refractivity contribution is 4.82. The van der Waals surface area contributed by atoms with Gasteiger partial charge in [0, 0.05) is 38.3 Å². The van der Waals surface area contributed by atoms with Crippen LogP contribution >= 0.6 is 0 Å². The first-order valence-electron chi connectivity index (χ1n) is 6.83. The minimum atomic E-state index is 0.476. The van der Waals surface area contributed by atoms with Gasteiger partial charge in [-0.05, 0) is 39.2 Å². The second-order valence-corrected chi connectivity index (χ2v) is 5.88. The molecule has 2 aliphatic rings. The molecule has 1 aliphatic heterocycles. The quantitative estimate of drug-likeness (QED) is 0.765. The van der Waals surface area contributed by atoms with Gasteiger partial charge in [-0.1, -0.05) is 6.42 Å². The standard InChI is InChI=1S/C13H27N3/c1-11-9-16(7-6-15(11)2)10-12-4-3-5-13(14)8-12/h11-13H,3-10,14H2,1-2H3. The molecular formula is C13H27N3. The van der Waals surface area contributed by atoms with Gasteiger partial charge < -0.3 is 15.5 Å². The third-order valence-electron chi connectivity index (χ3n) is 4.38. The van der Waals surface area contributed by atoms with Crippen molar-refractivity contribution >= 4 is 0 Å². The maximum absolute atomic E-state index is 6.05. The van der Waals surface area contributed by atoms with Crippen molar-refractivity contribution in [2.24, 2.45) is 11.7 Å². The second kappa shape index (κ2) is 5.48. The number of hydrogen-bond acceptors (Lipinski definition) is 3. The molecule has 0 aromatic carbocycles. The molecule has 16 heavy (non-hydrogen) atoms. The highest BCUT2D eigenvalue weighted by Gasteiger charge is 2.25. The van der Waals surface area contributed by atoms with E-state index < -0.39 is 0 Å². The van der Waals surface area contributed by atoms with Crippen LogP contribution in [0, 0.1) is 5.92 Å². The van der Waals surface area contributed by atoms with Crippen LogP contribution in [0.15, 0.2) is 0 Å². The van der Waals surface area contributed by atoms with Crippen LogP contribution in [-0.4, -0.2) is 55.1 Å². The third-order valence-corrected chi connectivity index (χ3v) is 4.38. The van der Waals surface area contributed by atoms with E-state index in [0.717, 1.165) is 5.92 Å². The molecule has 3 unspecified atom stereocenters. The molecule has 3 atom stereocenters. The average molecular weight is 225 g/mol. The highest BCUT2D eigenvalue weighted by Crippen LogP contribution is 2.24. The number of likely N-dealkylation sites (N-methyl/N-ethyl adjacent to an activating group) is 1. The zero-order valence-corrected chi connectivity index (χ0v) is 10.9. The molecule has 0 amide bonds. The van der Waals surface area contributed by atoms with Gasteiger partial charge in [-0.25, -0.2) is 0 Å². The Morgan fingerprint density at radius 1 is 1.25 bits per heavy atom. The van der Waals surface area contributed by atoms with Crippen LogP contribution in [0.1, 0.15) is 32.6 Å². The number of nitrogens with zero attached hydrogens (tertiary/aromatic N) is 2. The minimum Gasteiger partial charge on any atom is -0.328 e. The van der Waals surface area contributed by atoms with Crippen molar-refractivity contribution in [1.29, 1.82) is 0 Å². The van der Waals surface area contributed by atoms with Crippen LogP contribution in [0.25, 0.3) is 0 Å². The Labute approximate surface area is 100.0 Å². The number of nitrogens with two attached hydrogens (primary N) is 1. The van der Waals surface area contributed by atoms with Gasteiger partial charge >= 0.3 is 0 Å². The van der Waals surface area contributed by atoms with Gasteiger partial charge in [0.2, 0.25) is 0 Å². The summed E-state index contributed by atoms with van der Waals surface area (Å²) >= 11 is 0. The predicted octanol–water partition coefficient (Wildman–Crippen LogP) is 1.14. The van der Waals surface area contributed by atoms with E-state index in [1.165, 1.54) is 51.9 Å². The van der Waals surface area contributed by atoms with Crippen LogP contribution in [0.4, 0.5) is 0 Å². The SMILES string of the molecule is CC1CN(CC2CCCC(N)C2)CCN1C. The van der Waals surface area contributed by atoms with E-state index in [4.69, 9.17) is 5.73 Å². The van der Waals surface area contributed by atoms with Crippen molar-refractivity contribution in [1.82, 2.24) is 9.80 Å². The summed E-state index contributed by atoms with van der Waals surface area (Å²) in [5.74, 6) is 0.861. The molecule has 1 heterocycles. The molecule has 0 spiro atoms. The molecule has 3 heteroatoms. The molecule has 2 N–H and O–H groups in total. The van der Waals surface area contributed by atoms with Gasteiger partial charge in [-0.3, -0.25) is 0 Å². The Kier molecular flexibility index (Phi) is 4.22. The van der Waals surface area contributed by atoms with Crippen molar-refractivity contribution in [2.75, 3.05) is 33.2 Å². The molecule has 0 bridgehead atoms. The molecule has 94 valence electrons. The van der Waals surface area contributed by atoms with E-state index in [0.29, 0.717) is 12.1 Å². The van der Waals surface area contributed by atoms with Crippen LogP contribution in [0.2, 0.25) is 0 Å². The maximum atomic E-state index is 6.05. The summed E-state index contributed by atoms with van der Waals surface area (Å²) in [7, 11) is 2.23. The molecule has 2 rings (SSSR count). The predicted molar refractivity (Wildman–Crippen MR) is 68.5 cm³/mol. The largest absolute Gasteiger partial charge is 0.328 e. The molecule has 3 nitrogen and oxygen atoms in total. The summed E-state index contributed by atoms with van der Waals surface area (Å²) in [6.45, 7) is 7.32. The van der Waals surface area contributed by atoms with E-state index in [2.05, 4.69) is 23.8 Å². The lowest BCUT2D eigenvalue weighted by Gasteiger charge is -2.40. The van der Waals surface area contributed by atoms with Crippen molar-refractivity contribution in [2.45, 2.75) is 44.7 Å². The maximum Gasteiger partial charge on any atom is 0.0192 e. The number of rotatable bonds is 2. The Morgan fingerprint density at radius 3 is 2.75 bits per heavy atom. The molecule has 0 aromatic rings. The van der Waals surface area contributed by atoms with Gasteiger partial charge in [0.25, 0.3) is 0 Å². The Hall–Kier alpha value is -0.120. The monoisotopic (exact) mass is 225 g/mol. The topological polar surface area (TPSA) is 32.5 Å². The molecule has 0 radical (unpaired) electrons. The summed E-state index contributed by atoms with van der Waals surface area (Å²) in [5, 5.41) is 0. The first kappa shape index (κ1) is 12.3. The first-order valence-corrected chi connectivity index (χ1v) is 6.83. The summed E-state index contributed by atoms with van der Waals surface area (Å²) < 4.78 is 0. The van der Waals surface area contributed by atoms with Crippen molar-refractivity contribution in [3.8, 4) is 0 Å². The number of piperazine rings is 1. The third kappa shape index (κ3) is 3.19. The molecule has 1 saturated carbocycles. The highest BCUT2D eigenvalue weighted by atomic mass is 15.3. The summed E-state index contributed by atoms with van der Waals surface area (Å²) in [4.78, 5) is 5.11. The van der Waals surface area contributed by atoms with Crippen molar-refractivity contribution in [3.63, 3.8) is 0 Å². The zero-order chi connectivity index (χ0) is 11.5. The number of hydrogen-bond donors (Lipinski definition) is 1. The minimum absolute atomic E-state index is 0.476. The molecule has 1 saturated heterocycles. The van der Waals surface area contributed by atoms with E-state index in [9.17, 15) is 0 Å². The smallest absolute Gasteiger partial charge is 0.0192 e. The fraction of sp³-hybridized carbons (Fsp3) is 1.00. The second-order valence-electron chi connectivity index (χ2n) is 5.88. The first-order chi connectivity index (χ1) is 7.65. The van der Waals surface area contributed by atoms with Gasteiger partial charge in [-0.2, -0.15) is 0 Å². The lowest BCUT2D eigenvalue weighted by atomic mass is 9.85. The Morgan fingerprint density at radius 2 is 2.06 bits per heavy atom. The molecular weight excluding hydrogens is 198 g/mol. The fourth-order valence-corrected chi connectivity index (χ4v) is 3.15. The van der Waals surface area contributed by atoms with Crippen LogP contribution in [0.5, 0.6) is 0 Å². The van der Waals surface area contributed by atoms with Crippen LogP contribution in [-0.2, 0) is 0 Å². The van der Waals surface area contributed by atoms with Gasteiger partial charge in [0.15, 0.2) is 0 Å². The molecule has 0 aromatic heterocycles. The van der Waals surface area contributed by atoms with Gasteiger partial charge in [0.05, 0.1) is 0 Å². The van der Waals surface area contributed by atoms with Gasteiger partial charge in [-0.15, -0.1) is 0 Å². The van der Waals surface area contributed by atoms with E-state index in [-0.39, 0.29) is 0 Å². The van der Waals surface area contributed by atoms with Crippen LogP contribution < -0.4 is 5.73 Å². The molecule has 1 aliphatic carbocycles. The van der Waals surface area contributed by atoms with E-state index in [1.807, 2.05) is 0 Å². The van der Waals surface area contributed by atoms with Crippen LogP contribution in [0.3, 0.4) is 0 Å².